The molecule has 104 valence electrons. The van der Waals surface area contributed by atoms with Crippen molar-refractivity contribution in [2.75, 3.05) is 19.8 Å². The number of carbonyl (C=O) groups is 1. The molecule has 3 aliphatic rings. The van der Waals surface area contributed by atoms with Crippen LogP contribution in [0.5, 0.6) is 0 Å². The maximum absolute atomic E-state index is 10.8. The third-order valence-corrected chi connectivity index (χ3v) is 5.12. The number of hydrogen-bond donors (Lipinski definition) is 1. The summed E-state index contributed by atoms with van der Waals surface area (Å²) < 4.78 is 5.79. The summed E-state index contributed by atoms with van der Waals surface area (Å²) >= 11 is 0. The maximum atomic E-state index is 10.8. The van der Waals surface area contributed by atoms with Gasteiger partial charge in [0.1, 0.15) is 5.78 Å². The lowest BCUT2D eigenvalue weighted by atomic mass is 9.54. The molecule has 0 aromatic carbocycles. The molecule has 3 saturated carbocycles. The van der Waals surface area contributed by atoms with Gasteiger partial charge in [0.05, 0.1) is 6.61 Å². The van der Waals surface area contributed by atoms with Crippen LogP contribution in [0.15, 0.2) is 0 Å². The van der Waals surface area contributed by atoms with Crippen molar-refractivity contribution in [2.24, 2.45) is 10.8 Å². The smallest absolute Gasteiger partial charge is 0.129 e. The van der Waals surface area contributed by atoms with Gasteiger partial charge in [-0.2, -0.15) is 0 Å². The summed E-state index contributed by atoms with van der Waals surface area (Å²) in [6.45, 7) is 3.57. The van der Waals surface area contributed by atoms with Crippen molar-refractivity contribution in [2.45, 2.75) is 58.3 Å². The first-order valence-corrected chi connectivity index (χ1v) is 7.28. The Bertz CT molecular complexity index is 274. The van der Waals surface area contributed by atoms with Crippen molar-refractivity contribution >= 4 is 5.78 Å². The van der Waals surface area contributed by atoms with Crippen LogP contribution in [-0.2, 0) is 9.53 Å². The van der Waals surface area contributed by atoms with E-state index >= 15 is 0 Å². The Morgan fingerprint density at radius 3 is 2.17 bits per heavy atom. The predicted octanol–water partition coefficient (Wildman–Crippen LogP) is 2.71. The molecule has 0 saturated heterocycles. The number of hydrogen-bond acceptors (Lipinski definition) is 3. The Labute approximate surface area is 110 Å². The van der Waals surface area contributed by atoms with E-state index in [1.165, 1.54) is 38.5 Å². The topological polar surface area (TPSA) is 46.5 Å². The van der Waals surface area contributed by atoms with Crippen LogP contribution in [-0.4, -0.2) is 30.7 Å². The van der Waals surface area contributed by atoms with Gasteiger partial charge in [-0.25, -0.2) is 0 Å². The Hall–Kier alpha value is -0.410. The van der Waals surface area contributed by atoms with Crippen molar-refractivity contribution in [3.8, 4) is 0 Å². The third-order valence-electron chi connectivity index (χ3n) is 5.12. The number of carbonyl (C=O) groups excluding carboxylic acids is 1. The van der Waals surface area contributed by atoms with E-state index in [2.05, 4.69) is 0 Å². The first-order valence-electron chi connectivity index (χ1n) is 7.28. The summed E-state index contributed by atoms with van der Waals surface area (Å²) in [6, 6.07) is 0. The summed E-state index contributed by atoms with van der Waals surface area (Å²) in [4.78, 5) is 10.8. The molecule has 3 rings (SSSR count). The quantitative estimate of drug-likeness (QED) is 0.711. The number of ether oxygens (including phenoxy) is 1. The molecule has 0 unspecified atom stereocenters. The minimum Gasteiger partial charge on any atom is -0.396 e. The highest BCUT2D eigenvalue weighted by Gasteiger charge is 2.48. The molecule has 0 heterocycles. The van der Waals surface area contributed by atoms with Crippen LogP contribution in [0.1, 0.15) is 58.3 Å². The molecule has 0 aromatic rings. The molecule has 3 fully saturated rings. The minimum absolute atomic E-state index is 0.246. The van der Waals surface area contributed by atoms with Crippen LogP contribution in [0.4, 0.5) is 0 Å². The molecule has 3 aliphatic carbocycles. The van der Waals surface area contributed by atoms with Crippen molar-refractivity contribution in [3.05, 3.63) is 0 Å². The van der Waals surface area contributed by atoms with Gasteiger partial charge in [0.15, 0.2) is 0 Å². The average molecular weight is 254 g/mol. The predicted molar refractivity (Wildman–Crippen MR) is 70.4 cm³/mol. The minimum atomic E-state index is 0.246. The van der Waals surface area contributed by atoms with Gasteiger partial charge in [0.25, 0.3) is 0 Å². The number of aliphatic hydroxyl groups is 1. The molecule has 3 heteroatoms. The molecule has 2 bridgehead atoms. The lowest BCUT2D eigenvalue weighted by molar-refractivity contribution is -0.117. The molecule has 1 N–H and O–H groups in total. The standard InChI is InChI=1S/C15H26O3/c1-13(17)3-2-10-18-12-15-7-4-14(11-16,5-8-15)6-9-15/h16H,2-12H2,1H3. The summed E-state index contributed by atoms with van der Waals surface area (Å²) in [6.07, 6.45) is 8.62. The van der Waals surface area contributed by atoms with Crippen molar-refractivity contribution in [3.63, 3.8) is 0 Å². The highest BCUT2D eigenvalue weighted by atomic mass is 16.5. The molecule has 0 radical (unpaired) electrons. The summed E-state index contributed by atoms with van der Waals surface area (Å²) in [5.41, 5.74) is 0.628. The molecule has 0 spiro atoms. The van der Waals surface area contributed by atoms with Crippen molar-refractivity contribution in [1.29, 1.82) is 0 Å². The molecular formula is C15H26O3. The van der Waals surface area contributed by atoms with E-state index in [0.717, 1.165) is 13.0 Å². The van der Waals surface area contributed by atoms with Gasteiger partial charge in [0, 0.05) is 19.6 Å². The van der Waals surface area contributed by atoms with E-state index in [1.54, 1.807) is 6.92 Å². The van der Waals surface area contributed by atoms with Crippen LogP contribution >= 0.6 is 0 Å². The summed E-state index contributed by atoms with van der Waals surface area (Å²) in [5, 5.41) is 9.48. The second kappa shape index (κ2) is 5.70. The van der Waals surface area contributed by atoms with Crippen LogP contribution in [0.3, 0.4) is 0 Å². The highest BCUT2D eigenvalue weighted by Crippen LogP contribution is 2.56. The van der Waals surface area contributed by atoms with E-state index in [4.69, 9.17) is 4.74 Å². The second-order valence-electron chi connectivity index (χ2n) is 6.52. The van der Waals surface area contributed by atoms with Crippen LogP contribution in [0.25, 0.3) is 0 Å². The lowest BCUT2D eigenvalue weighted by Crippen LogP contribution is -2.45. The molecule has 0 amide bonds. The van der Waals surface area contributed by atoms with E-state index in [1.807, 2.05) is 0 Å². The Morgan fingerprint density at radius 2 is 1.67 bits per heavy atom. The number of Topliss-reactive ketones (excluding diaryl/α,β-unsaturated/α-hetero) is 1. The monoisotopic (exact) mass is 254 g/mol. The first kappa shape index (κ1) is 14.0. The summed E-state index contributed by atoms with van der Waals surface area (Å²) in [5.74, 6) is 0.250. The molecular weight excluding hydrogens is 228 g/mol. The largest absolute Gasteiger partial charge is 0.396 e. The van der Waals surface area contributed by atoms with E-state index in [9.17, 15) is 9.90 Å². The number of fused-ring (bicyclic) bond motifs is 3. The molecule has 0 atom stereocenters. The zero-order chi connectivity index (χ0) is 13.1. The SMILES string of the molecule is CC(=O)CCCOCC12CCC(CO)(CC1)CC2. The number of aliphatic hydroxyl groups excluding tert-OH is 1. The van der Waals surface area contributed by atoms with Gasteiger partial charge < -0.3 is 14.6 Å². The van der Waals surface area contributed by atoms with Gasteiger partial charge in [-0.05, 0) is 62.7 Å². The fraction of sp³-hybridized carbons (Fsp3) is 0.933. The van der Waals surface area contributed by atoms with Crippen LogP contribution in [0.2, 0.25) is 0 Å². The Morgan fingerprint density at radius 1 is 1.11 bits per heavy atom. The van der Waals surface area contributed by atoms with Gasteiger partial charge in [-0.15, -0.1) is 0 Å². The Kier molecular flexibility index (Phi) is 4.44. The fourth-order valence-corrected chi connectivity index (χ4v) is 3.51. The molecule has 0 aliphatic heterocycles. The van der Waals surface area contributed by atoms with Crippen LogP contribution in [0, 0.1) is 10.8 Å². The normalized spacial score (nSPS) is 34.8. The molecule has 3 nitrogen and oxygen atoms in total. The van der Waals surface area contributed by atoms with Crippen LogP contribution < -0.4 is 0 Å². The third kappa shape index (κ3) is 3.12. The van der Waals surface area contributed by atoms with E-state index < -0.39 is 0 Å². The molecule has 18 heavy (non-hydrogen) atoms. The number of ketones is 1. The van der Waals surface area contributed by atoms with Gasteiger partial charge in [-0.3, -0.25) is 0 Å². The summed E-state index contributed by atoms with van der Waals surface area (Å²) in [7, 11) is 0. The van der Waals surface area contributed by atoms with Crippen molar-refractivity contribution in [1.82, 2.24) is 0 Å². The molecule has 0 aromatic heterocycles. The second-order valence-corrected chi connectivity index (χ2v) is 6.52. The van der Waals surface area contributed by atoms with Gasteiger partial charge in [0.2, 0.25) is 0 Å². The highest BCUT2D eigenvalue weighted by molar-refractivity contribution is 5.75. The zero-order valence-electron chi connectivity index (χ0n) is 11.5. The average Bonchev–Trinajstić information content (AvgIpc) is 2.40. The van der Waals surface area contributed by atoms with Gasteiger partial charge in [-0.1, -0.05) is 0 Å². The van der Waals surface area contributed by atoms with E-state index in [0.29, 0.717) is 25.0 Å². The Balaban J connectivity index is 1.69. The number of rotatable bonds is 7. The lowest BCUT2D eigenvalue weighted by Gasteiger charge is -2.52. The maximum Gasteiger partial charge on any atom is 0.129 e. The van der Waals surface area contributed by atoms with Gasteiger partial charge >= 0.3 is 0 Å². The van der Waals surface area contributed by atoms with E-state index in [-0.39, 0.29) is 11.2 Å². The first-order chi connectivity index (χ1) is 8.60. The fourth-order valence-electron chi connectivity index (χ4n) is 3.51. The van der Waals surface area contributed by atoms with Crippen molar-refractivity contribution < 1.29 is 14.6 Å². The zero-order valence-corrected chi connectivity index (χ0v) is 11.5.